The highest BCUT2D eigenvalue weighted by molar-refractivity contribution is 5.89. The number of ether oxygens (including phenoxy) is 4. The quantitative estimate of drug-likeness (QED) is 0.151. The van der Waals surface area contributed by atoms with Crippen molar-refractivity contribution >= 4 is 24.2 Å². The maximum atomic E-state index is 11.7. The molecule has 0 atom stereocenters. The minimum absolute atomic E-state index is 0.0382. The van der Waals surface area contributed by atoms with Crippen LogP contribution in [0.15, 0.2) is 48.5 Å². The van der Waals surface area contributed by atoms with Gasteiger partial charge in [-0.25, -0.2) is 29.0 Å². The van der Waals surface area contributed by atoms with Crippen LogP contribution < -0.4 is 9.47 Å². The second-order valence-electron chi connectivity index (χ2n) is 6.76. The number of unbranched alkanes of at least 4 members (excludes halogenated alkanes) is 2. The molecule has 14 heteroatoms. The van der Waals surface area contributed by atoms with Crippen LogP contribution in [0.5, 0.6) is 11.5 Å². The van der Waals surface area contributed by atoms with Crippen molar-refractivity contribution in [3.05, 3.63) is 59.7 Å². The summed E-state index contributed by atoms with van der Waals surface area (Å²) in [5, 5.41) is 8.19. The minimum atomic E-state index is -1.22. The maximum absolute atomic E-state index is 11.7. The molecule has 0 aromatic heterocycles. The lowest BCUT2D eigenvalue weighted by Gasteiger charge is -2.06. The third-order valence-corrected chi connectivity index (χ3v) is 4.30. The number of hydrogen-bond acceptors (Lipinski definition) is 14. The molecule has 0 bridgehead atoms. The molecule has 200 valence electrons. The van der Waals surface area contributed by atoms with E-state index in [9.17, 15) is 19.2 Å². The average Bonchev–Trinajstić information content (AvgIpc) is 2.92. The van der Waals surface area contributed by atoms with Crippen LogP contribution in [0.1, 0.15) is 40.0 Å². The van der Waals surface area contributed by atoms with Crippen LogP contribution in [0.2, 0.25) is 0 Å². The van der Waals surface area contributed by atoms with Gasteiger partial charge >= 0.3 is 24.2 Å². The molecule has 14 nitrogen and oxygen atoms in total. The molecule has 2 aromatic carbocycles. The molecule has 0 radical (unpaired) electrons. The highest BCUT2D eigenvalue weighted by atomic mass is 17.5. The summed E-state index contributed by atoms with van der Waals surface area (Å²) in [5.74, 6) is -0.701. The van der Waals surface area contributed by atoms with E-state index in [0.29, 0.717) is 30.8 Å². The standard InChI is InChI=1S/C23H24O14/c1-28-18-10-6-16(7-11-18)20(24)32-36-34-22(26)30-14-4-3-5-15-31-23(27)35-37-33-21(25)17-8-12-19(29-2)13-9-17/h6-13H,3-5,14-15H2,1-2H3. The van der Waals surface area contributed by atoms with Gasteiger partial charge in [-0.15, -0.1) is 0 Å². The first-order valence-electron chi connectivity index (χ1n) is 10.7. The lowest BCUT2D eigenvalue weighted by molar-refractivity contribution is -0.452. The first-order valence-corrected chi connectivity index (χ1v) is 10.7. The summed E-state index contributed by atoms with van der Waals surface area (Å²) < 4.78 is 19.3. The van der Waals surface area contributed by atoms with Crippen molar-refractivity contribution < 1.29 is 67.8 Å². The van der Waals surface area contributed by atoms with Gasteiger partial charge in [0.2, 0.25) is 0 Å². The SMILES string of the molecule is COc1ccc(C(=O)OOOC(=O)OCCCCCOC(=O)OOOC(=O)c2ccc(OC)cc2)cc1. The number of hydrogen-bond donors (Lipinski definition) is 0. The zero-order valence-electron chi connectivity index (χ0n) is 19.9. The van der Waals surface area contributed by atoms with Gasteiger partial charge in [0, 0.05) is 0 Å². The minimum Gasteiger partial charge on any atom is -0.497 e. The van der Waals surface area contributed by atoms with Gasteiger partial charge in [0.15, 0.2) is 0 Å². The Kier molecular flexibility index (Phi) is 12.5. The Morgan fingerprint density at radius 3 is 1.27 bits per heavy atom. The topological polar surface area (TPSA) is 161 Å². The summed E-state index contributed by atoms with van der Waals surface area (Å²) in [7, 11) is 2.95. The first-order chi connectivity index (χ1) is 17.9. The maximum Gasteiger partial charge on any atom is 0.543 e. The van der Waals surface area contributed by atoms with E-state index in [0.717, 1.165) is 0 Å². The fourth-order valence-electron chi connectivity index (χ4n) is 2.44. The Morgan fingerprint density at radius 2 is 0.919 bits per heavy atom. The summed E-state index contributed by atoms with van der Waals surface area (Å²) in [5.41, 5.74) is 0.287. The van der Waals surface area contributed by atoms with E-state index in [2.05, 4.69) is 29.6 Å². The van der Waals surface area contributed by atoms with Crippen LogP contribution in [0, 0.1) is 0 Å². The molecule has 0 saturated carbocycles. The highest BCUT2D eigenvalue weighted by Gasteiger charge is 2.13. The first kappa shape index (κ1) is 28.7. The Hall–Kier alpha value is -4.56. The molecule has 0 amide bonds. The zero-order valence-corrected chi connectivity index (χ0v) is 19.9. The third kappa shape index (κ3) is 11.1. The molecule has 0 aliphatic heterocycles. The summed E-state index contributed by atoms with van der Waals surface area (Å²) in [6.45, 7) is -0.0764. The highest BCUT2D eigenvalue weighted by Crippen LogP contribution is 2.13. The second-order valence-corrected chi connectivity index (χ2v) is 6.76. The molecular formula is C23H24O14. The van der Waals surface area contributed by atoms with Crippen molar-refractivity contribution in [2.45, 2.75) is 19.3 Å². The Morgan fingerprint density at radius 1 is 0.541 bits per heavy atom. The Bertz CT molecular complexity index is 922. The molecular weight excluding hydrogens is 500 g/mol. The number of rotatable bonds is 14. The van der Waals surface area contributed by atoms with Gasteiger partial charge in [0.25, 0.3) is 0 Å². The van der Waals surface area contributed by atoms with Gasteiger partial charge < -0.3 is 18.9 Å². The summed E-state index contributed by atoms with van der Waals surface area (Å²) in [6, 6.07) is 11.9. The molecule has 37 heavy (non-hydrogen) atoms. The fourth-order valence-corrected chi connectivity index (χ4v) is 2.44. The summed E-state index contributed by atoms with van der Waals surface area (Å²) in [4.78, 5) is 63.1. The summed E-state index contributed by atoms with van der Waals surface area (Å²) in [6.07, 6.45) is -1.14. The van der Waals surface area contributed by atoms with Gasteiger partial charge in [-0.3, -0.25) is 9.78 Å². The van der Waals surface area contributed by atoms with Crippen molar-refractivity contribution in [2.24, 2.45) is 0 Å². The van der Waals surface area contributed by atoms with Crippen LogP contribution in [-0.4, -0.2) is 51.7 Å². The lowest BCUT2D eigenvalue weighted by atomic mass is 10.2. The van der Waals surface area contributed by atoms with Crippen LogP contribution in [-0.2, 0) is 39.1 Å². The second kappa shape index (κ2) is 16.2. The Balaban J connectivity index is 1.44. The van der Waals surface area contributed by atoms with E-state index in [4.69, 9.17) is 18.9 Å². The molecule has 0 spiro atoms. The molecule has 0 heterocycles. The molecule has 2 aromatic rings. The van der Waals surface area contributed by atoms with Crippen molar-refractivity contribution in [1.82, 2.24) is 0 Å². The van der Waals surface area contributed by atoms with E-state index in [-0.39, 0.29) is 24.3 Å². The lowest BCUT2D eigenvalue weighted by Crippen LogP contribution is -2.13. The van der Waals surface area contributed by atoms with Crippen LogP contribution in [0.4, 0.5) is 9.59 Å². The van der Waals surface area contributed by atoms with Gasteiger partial charge in [-0.2, -0.15) is 0 Å². The molecule has 0 aliphatic rings. The van der Waals surface area contributed by atoms with Crippen molar-refractivity contribution in [3.63, 3.8) is 0 Å². The Labute approximate surface area is 210 Å². The predicted molar refractivity (Wildman–Crippen MR) is 118 cm³/mol. The monoisotopic (exact) mass is 524 g/mol. The number of carbonyl (C=O) groups excluding carboxylic acids is 4. The van der Waals surface area contributed by atoms with Crippen molar-refractivity contribution in [1.29, 1.82) is 0 Å². The van der Waals surface area contributed by atoms with Crippen LogP contribution in [0.25, 0.3) is 0 Å². The van der Waals surface area contributed by atoms with E-state index in [1.807, 2.05) is 0 Å². The van der Waals surface area contributed by atoms with Gasteiger partial charge in [-0.1, -0.05) is 0 Å². The van der Waals surface area contributed by atoms with E-state index >= 15 is 0 Å². The van der Waals surface area contributed by atoms with E-state index in [1.54, 1.807) is 0 Å². The smallest absolute Gasteiger partial charge is 0.497 e. The fraction of sp³-hybridized carbons (Fsp3) is 0.304. The normalized spacial score (nSPS) is 10.0. The van der Waals surface area contributed by atoms with E-state index < -0.39 is 24.2 Å². The van der Waals surface area contributed by atoms with Crippen LogP contribution >= 0.6 is 0 Å². The predicted octanol–water partition coefficient (Wildman–Crippen LogP) is 3.89. The molecule has 2 rings (SSSR count). The molecule has 0 saturated heterocycles. The third-order valence-electron chi connectivity index (χ3n) is 4.30. The van der Waals surface area contributed by atoms with Gasteiger partial charge in [-0.05, 0) is 67.8 Å². The zero-order chi connectivity index (χ0) is 26.9. The molecule has 0 N–H and O–H groups in total. The molecule has 0 aliphatic carbocycles. The average molecular weight is 524 g/mol. The van der Waals surface area contributed by atoms with E-state index in [1.165, 1.54) is 62.8 Å². The van der Waals surface area contributed by atoms with Crippen molar-refractivity contribution in [2.75, 3.05) is 27.4 Å². The van der Waals surface area contributed by atoms with Gasteiger partial charge in [0.05, 0.1) is 48.6 Å². The number of benzene rings is 2. The molecule has 0 fully saturated rings. The number of methoxy groups -OCH3 is 2. The van der Waals surface area contributed by atoms with Gasteiger partial charge in [0.1, 0.15) is 11.5 Å². The van der Waals surface area contributed by atoms with Crippen molar-refractivity contribution in [3.8, 4) is 11.5 Å². The van der Waals surface area contributed by atoms with Crippen LogP contribution in [0.3, 0.4) is 0 Å². The largest absolute Gasteiger partial charge is 0.543 e. The molecule has 0 unspecified atom stereocenters. The number of carbonyl (C=O) groups is 4. The summed E-state index contributed by atoms with van der Waals surface area (Å²) >= 11 is 0.